The summed E-state index contributed by atoms with van der Waals surface area (Å²) in [5.74, 6) is -0.308. The number of carbonyl (C=O) groups is 1. The van der Waals surface area contributed by atoms with Crippen LogP contribution in [0, 0.1) is 22.7 Å². The first-order chi connectivity index (χ1) is 14.0. The molecule has 1 atom stereocenters. The van der Waals surface area contributed by atoms with Crippen LogP contribution in [0.5, 0.6) is 5.75 Å². The average Bonchev–Trinajstić information content (AvgIpc) is 2.70. The van der Waals surface area contributed by atoms with E-state index in [9.17, 15) is 10.1 Å². The molecule has 1 aromatic carbocycles. The van der Waals surface area contributed by atoms with Crippen molar-refractivity contribution in [2.75, 3.05) is 13.2 Å². The molecule has 1 unspecified atom stereocenters. The second-order valence-corrected chi connectivity index (χ2v) is 6.50. The van der Waals surface area contributed by atoms with Crippen molar-refractivity contribution < 1.29 is 19.0 Å². The lowest BCUT2D eigenvalue weighted by atomic mass is 9.83. The minimum Gasteiger partial charge on any atom is -0.494 e. The monoisotopic (exact) mass is 395 g/mol. The van der Waals surface area contributed by atoms with Crippen molar-refractivity contribution in [2.45, 2.75) is 45.4 Å². The zero-order chi connectivity index (χ0) is 21.2. The number of benzene rings is 1. The van der Waals surface area contributed by atoms with E-state index in [0.717, 1.165) is 19.3 Å². The quantitative estimate of drug-likeness (QED) is 0.499. The molecule has 0 saturated heterocycles. The molecule has 1 aromatic rings. The molecule has 0 aromatic heterocycles. The maximum atomic E-state index is 12.6. The molecule has 1 heterocycles. The summed E-state index contributed by atoms with van der Waals surface area (Å²) < 4.78 is 16.4. The summed E-state index contributed by atoms with van der Waals surface area (Å²) in [6, 6.07) is 11.4. The van der Waals surface area contributed by atoms with E-state index in [1.54, 1.807) is 26.0 Å². The molecule has 0 fully saturated rings. The first kappa shape index (κ1) is 21.8. The van der Waals surface area contributed by atoms with E-state index in [0.29, 0.717) is 30.1 Å². The predicted molar refractivity (Wildman–Crippen MR) is 106 cm³/mol. The third kappa shape index (κ3) is 5.52. The van der Waals surface area contributed by atoms with E-state index < -0.39 is 11.9 Å². The van der Waals surface area contributed by atoms with Crippen LogP contribution in [0.15, 0.2) is 47.1 Å². The van der Waals surface area contributed by atoms with Gasteiger partial charge in [0.05, 0.1) is 30.8 Å². The van der Waals surface area contributed by atoms with Crippen LogP contribution < -0.4 is 10.5 Å². The van der Waals surface area contributed by atoms with Gasteiger partial charge in [-0.2, -0.15) is 10.5 Å². The number of hydrogen-bond donors (Lipinski definition) is 1. The SMILES string of the molecule is CCOC(=O)C1=C(C)OC(N)=C(C#N)C1c1cccc(OCCCCCC#N)c1. The van der Waals surface area contributed by atoms with Crippen LogP contribution in [-0.4, -0.2) is 19.2 Å². The molecule has 0 radical (unpaired) electrons. The number of nitriles is 2. The molecule has 0 aliphatic carbocycles. The number of hydrogen-bond acceptors (Lipinski definition) is 7. The van der Waals surface area contributed by atoms with E-state index >= 15 is 0 Å². The van der Waals surface area contributed by atoms with E-state index in [-0.39, 0.29) is 23.6 Å². The number of unbranched alkanes of at least 4 members (excludes halogenated alkanes) is 3. The Morgan fingerprint density at radius 1 is 1.28 bits per heavy atom. The van der Waals surface area contributed by atoms with Gasteiger partial charge in [0, 0.05) is 6.42 Å². The molecule has 2 rings (SSSR count). The number of carbonyl (C=O) groups excluding carboxylic acids is 1. The number of nitrogens with zero attached hydrogens (tertiary/aromatic N) is 2. The standard InChI is InChI=1S/C22H25N3O4/c1-3-27-22(26)19-15(2)29-21(25)18(14-24)20(19)16-9-8-10-17(13-16)28-12-7-5-4-6-11-23/h8-10,13,20H,3-7,12,25H2,1-2H3. The van der Waals surface area contributed by atoms with Gasteiger partial charge >= 0.3 is 5.97 Å². The van der Waals surface area contributed by atoms with Crippen molar-refractivity contribution in [3.63, 3.8) is 0 Å². The number of rotatable bonds is 9. The van der Waals surface area contributed by atoms with Gasteiger partial charge in [-0.15, -0.1) is 0 Å². The zero-order valence-electron chi connectivity index (χ0n) is 16.7. The molecular weight excluding hydrogens is 370 g/mol. The zero-order valence-corrected chi connectivity index (χ0v) is 16.7. The fourth-order valence-corrected chi connectivity index (χ4v) is 3.14. The number of nitrogens with two attached hydrogens (primary N) is 1. The maximum absolute atomic E-state index is 12.6. The van der Waals surface area contributed by atoms with Gasteiger partial charge in [0.15, 0.2) is 0 Å². The Morgan fingerprint density at radius 3 is 2.76 bits per heavy atom. The fraction of sp³-hybridized carbons (Fsp3) is 0.409. The lowest BCUT2D eigenvalue weighted by Gasteiger charge is -2.27. The van der Waals surface area contributed by atoms with Crippen molar-refractivity contribution in [1.82, 2.24) is 0 Å². The molecule has 1 aliphatic rings. The Balaban J connectivity index is 2.26. The van der Waals surface area contributed by atoms with Crippen LogP contribution >= 0.6 is 0 Å². The van der Waals surface area contributed by atoms with Gasteiger partial charge in [0.2, 0.25) is 5.88 Å². The number of allylic oxidation sites excluding steroid dienone is 2. The smallest absolute Gasteiger partial charge is 0.338 e. The van der Waals surface area contributed by atoms with Gasteiger partial charge in [-0.3, -0.25) is 0 Å². The highest BCUT2D eigenvalue weighted by Gasteiger charge is 2.36. The van der Waals surface area contributed by atoms with Gasteiger partial charge in [-0.05, 0) is 50.8 Å². The van der Waals surface area contributed by atoms with Crippen LogP contribution in [0.1, 0.15) is 51.0 Å². The number of esters is 1. The van der Waals surface area contributed by atoms with Crippen LogP contribution in [0.4, 0.5) is 0 Å². The molecule has 0 saturated carbocycles. The predicted octanol–water partition coefficient (Wildman–Crippen LogP) is 3.79. The van der Waals surface area contributed by atoms with Crippen LogP contribution in [0.2, 0.25) is 0 Å². The molecule has 7 heteroatoms. The first-order valence-corrected chi connectivity index (χ1v) is 9.58. The summed E-state index contributed by atoms with van der Waals surface area (Å²) in [7, 11) is 0. The molecule has 0 spiro atoms. The fourth-order valence-electron chi connectivity index (χ4n) is 3.14. The minimum atomic E-state index is -0.688. The molecule has 7 nitrogen and oxygen atoms in total. The van der Waals surface area contributed by atoms with Gasteiger partial charge in [0.25, 0.3) is 0 Å². The Labute approximate surface area is 171 Å². The largest absolute Gasteiger partial charge is 0.494 e. The number of ether oxygens (including phenoxy) is 3. The summed E-state index contributed by atoms with van der Waals surface area (Å²) in [5.41, 5.74) is 7.02. The van der Waals surface area contributed by atoms with E-state index in [2.05, 4.69) is 12.1 Å². The van der Waals surface area contributed by atoms with Crippen LogP contribution in [0.25, 0.3) is 0 Å². The van der Waals surface area contributed by atoms with Gasteiger partial charge < -0.3 is 19.9 Å². The highest BCUT2D eigenvalue weighted by molar-refractivity contribution is 5.92. The third-order valence-corrected chi connectivity index (χ3v) is 4.49. The van der Waals surface area contributed by atoms with Crippen LogP contribution in [-0.2, 0) is 14.3 Å². The maximum Gasteiger partial charge on any atom is 0.338 e. The summed E-state index contributed by atoms with van der Waals surface area (Å²) >= 11 is 0. The Hall–Kier alpha value is -3.45. The van der Waals surface area contributed by atoms with Crippen molar-refractivity contribution in [3.8, 4) is 17.9 Å². The van der Waals surface area contributed by atoms with Crippen molar-refractivity contribution in [3.05, 3.63) is 52.6 Å². The second-order valence-electron chi connectivity index (χ2n) is 6.50. The van der Waals surface area contributed by atoms with Crippen molar-refractivity contribution in [2.24, 2.45) is 5.73 Å². The molecule has 1 aliphatic heterocycles. The van der Waals surface area contributed by atoms with Crippen LogP contribution in [0.3, 0.4) is 0 Å². The topological polar surface area (TPSA) is 118 Å². The highest BCUT2D eigenvalue weighted by Crippen LogP contribution is 2.40. The molecule has 29 heavy (non-hydrogen) atoms. The highest BCUT2D eigenvalue weighted by atomic mass is 16.5. The van der Waals surface area contributed by atoms with E-state index in [1.165, 1.54) is 0 Å². The third-order valence-electron chi connectivity index (χ3n) is 4.49. The molecular formula is C22H25N3O4. The Bertz CT molecular complexity index is 890. The van der Waals surface area contributed by atoms with Crippen molar-refractivity contribution >= 4 is 5.97 Å². The van der Waals surface area contributed by atoms with Gasteiger partial charge in [0.1, 0.15) is 23.2 Å². The second kappa shape index (κ2) is 10.8. The Morgan fingerprint density at radius 2 is 2.07 bits per heavy atom. The van der Waals surface area contributed by atoms with E-state index in [1.807, 2.05) is 12.1 Å². The summed E-state index contributed by atoms with van der Waals surface area (Å²) in [5, 5.41) is 18.2. The Kier molecular flexibility index (Phi) is 8.12. The molecule has 0 bridgehead atoms. The summed E-state index contributed by atoms with van der Waals surface area (Å²) in [6.45, 7) is 4.07. The van der Waals surface area contributed by atoms with Gasteiger partial charge in [-0.25, -0.2) is 4.79 Å². The van der Waals surface area contributed by atoms with Crippen molar-refractivity contribution in [1.29, 1.82) is 10.5 Å². The molecule has 0 amide bonds. The summed E-state index contributed by atoms with van der Waals surface area (Å²) in [6.07, 6.45) is 3.16. The average molecular weight is 395 g/mol. The normalized spacial score (nSPS) is 15.9. The minimum absolute atomic E-state index is 0.0214. The molecule has 2 N–H and O–H groups in total. The molecule has 152 valence electrons. The van der Waals surface area contributed by atoms with E-state index in [4.69, 9.17) is 25.2 Å². The lowest BCUT2D eigenvalue weighted by Crippen LogP contribution is -2.25. The first-order valence-electron chi connectivity index (χ1n) is 9.58. The lowest BCUT2D eigenvalue weighted by molar-refractivity contribution is -0.139. The summed E-state index contributed by atoms with van der Waals surface area (Å²) in [4.78, 5) is 12.6. The van der Waals surface area contributed by atoms with Gasteiger partial charge in [-0.1, -0.05) is 12.1 Å².